The Balaban J connectivity index is 1.51. The van der Waals surface area contributed by atoms with Gasteiger partial charge in [0.2, 0.25) is 0 Å². The summed E-state index contributed by atoms with van der Waals surface area (Å²) < 4.78 is 37.8. The summed E-state index contributed by atoms with van der Waals surface area (Å²) in [6.07, 6.45) is 1.05. The number of benzene rings is 2. The number of hydrogen-bond acceptors (Lipinski definition) is 6. The number of hydrogen-bond donors (Lipinski definition) is 0. The molecule has 2 heterocycles. The highest BCUT2D eigenvalue weighted by Crippen LogP contribution is 2.24. The summed E-state index contributed by atoms with van der Waals surface area (Å²) in [5.41, 5.74) is 0.952. The van der Waals surface area contributed by atoms with Crippen molar-refractivity contribution in [3.8, 4) is 0 Å². The lowest BCUT2D eigenvalue weighted by Crippen LogP contribution is -2.42. The van der Waals surface area contributed by atoms with Gasteiger partial charge in [0.1, 0.15) is 11.6 Å². The zero-order valence-electron chi connectivity index (χ0n) is 20.5. The van der Waals surface area contributed by atoms with Crippen molar-refractivity contribution in [2.24, 2.45) is 11.8 Å². The Morgan fingerprint density at radius 1 is 0.639 bits per heavy atom. The van der Waals surface area contributed by atoms with Crippen LogP contribution in [-0.4, -0.2) is 87.1 Å². The molecule has 8 heteroatoms. The highest BCUT2D eigenvalue weighted by molar-refractivity contribution is 5.99. The smallest absolute Gasteiger partial charge is 0.167 e. The number of ketones is 2. The lowest BCUT2D eigenvalue weighted by Gasteiger charge is -2.32. The molecule has 2 aromatic rings. The Bertz CT molecular complexity index is 906. The molecule has 2 atom stereocenters. The second-order valence-corrected chi connectivity index (χ2v) is 9.54. The van der Waals surface area contributed by atoms with Gasteiger partial charge in [-0.2, -0.15) is 0 Å². The third-order valence-electron chi connectivity index (χ3n) is 7.03. The van der Waals surface area contributed by atoms with E-state index in [1.165, 1.54) is 48.5 Å². The summed E-state index contributed by atoms with van der Waals surface area (Å²) in [5.74, 6) is -1.51. The van der Waals surface area contributed by atoms with Crippen LogP contribution in [0.4, 0.5) is 8.78 Å². The van der Waals surface area contributed by atoms with Gasteiger partial charge in [0.25, 0.3) is 0 Å². The number of carbonyl (C=O) groups excluding carboxylic acids is 2. The molecule has 36 heavy (non-hydrogen) atoms. The van der Waals surface area contributed by atoms with Crippen LogP contribution in [0.25, 0.3) is 0 Å². The van der Waals surface area contributed by atoms with Crippen molar-refractivity contribution in [1.82, 2.24) is 9.80 Å². The van der Waals surface area contributed by atoms with Crippen LogP contribution in [0.3, 0.4) is 0 Å². The molecule has 2 aromatic carbocycles. The molecule has 0 spiro atoms. The van der Waals surface area contributed by atoms with Crippen LogP contribution in [-0.2, 0) is 9.47 Å². The topological polar surface area (TPSA) is 59.1 Å². The average Bonchev–Trinajstić information content (AvgIpc) is 2.91. The predicted molar refractivity (Wildman–Crippen MR) is 132 cm³/mol. The van der Waals surface area contributed by atoms with Crippen molar-refractivity contribution in [2.45, 2.75) is 12.8 Å². The highest BCUT2D eigenvalue weighted by atomic mass is 19.1. The van der Waals surface area contributed by atoms with Gasteiger partial charge >= 0.3 is 0 Å². The van der Waals surface area contributed by atoms with Gasteiger partial charge in [0.15, 0.2) is 11.6 Å². The molecule has 0 amide bonds. The minimum atomic E-state index is -0.383. The van der Waals surface area contributed by atoms with Gasteiger partial charge in [0.05, 0.1) is 26.4 Å². The number of ether oxygens (including phenoxy) is 2. The summed E-state index contributed by atoms with van der Waals surface area (Å²) in [7, 11) is 0. The van der Waals surface area contributed by atoms with E-state index in [1.807, 2.05) is 0 Å². The normalized spacial score (nSPS) is 19.1. The zero-order valence-corrected chi connectivity index (χ0v) is 20.5. The van der Waals surface area contributed by atoms with Crippen LogP contribution in [0.15, 0.2) is 48.5 Å². The van der Waals surface area contributed by atoms with E-state index in [2.05, 4.69) is 9.80 Å². The average molecular weight is 501 g/mol. The predicted octanol–water partition coefficient (Wildman–Crippen LogP) is 3.71. The Morgan fingerprint density at radius 2 is 0.972 bits per heavy atom. The van der Waals surface area contributed by atoms with Gasteiger partial charge in [-0.05, 0) is 61.4 Å². The molecule has 0 saturated carbocycles. The molecular formula is C28H34F2N2O4. The molecule has 6 nitrogen and oxygen atoms in total. The second kappa shape index (κ2) is 13.1. The number of rotatable bonds is 11. The summed E-state index contributed by atoms with van der Waals surface area (Å²) in [6.45, 7) is 6.62. The maximum Gasteiger partial charge on any atom is 0.167 e. The first-order valence-corrected chi connectivity index (χ1v) is 12.7. The standard InChI is InChI=1S/C28H34F2N2O4/c29-25-7-3-21(4-8-25)27(33)23(19-31-11-15-35-16-12-31)1-2-24(20-32-13-17-36-18-14-32)28(34)22-5-9-26(30)10-6-22/h3-10,23-24H,1-2,11-20H2/t23-,24-/m1/s1. The Morgan fingerprint density at radius 3 is 1.31 bits per heavy atom. The van der Waals surface area contributed by atoms with E-state index in [1.54, 1.807) is 0 Å². The van der Waals surface area contributed by atoms with E-state index >= 15 is 0 Å². The maximum atomic E-state index is 13.5. The molecule has 0 N–H and O–H groups in total. The van der Waals surface area contributed by atoms with Crippen LogP contribution >= 0.6 is 0 Å². The van der Waals surface area contributed by atoms with Gasteiger partial charge in [-0.15, -0.1) is 0 Å². The Kier molecular flexibility index (Phi) is 9.69. The number of carbonyl (C=O) groups is 2. The monoisotopic (exact) mass is 500 g/mol. The zero-order chi connectivity index (χ0) is 25.3. The van der Waals surface area contributed by atoms with E-state index in [4.69, 9.17) is 9.47 Å². The van der Waals surface area contributed by atoms with E-state index in [-0.39, 0.29) is 35.0 Å². The lowest BCUT2D eigenvalue weighted by molar-refractivity contribution is 0.0254. The third-order valence-corrected chi connectivity index (χ3v) is 7.03. The molecule has 0 radical (unpaired) electrons. The Hall–Kier alpha value is -2.52. The number of Topliss-reactive ketones (excluding diaryl/α,β-unsaturated/α-hetero) is 2. The molecule has 2 aliphatic heterocycles. The largest absolute Gasteiger partial charge is 0.379 e. The van der Waals surface area contributed by atoms with E-state index in [0.29, 0.717) is 63.5 Å². The fraction of sp³-hybridized carbons (Fsp3) is 0.500. The molecule has 0 unspecified atom stereocenters. The summed E-state index contributed by atoms with van der Waals surface area (Å²) in [4.78, 5) is 31.4. The van der Waals surface area contributed by atoms with Crippen LogP contribution in [0.5, 0.6) is 0 Å². The van der Waals surface area contributed by atoms with Gasteiger partial charge < -0.3 is 9.47 Å². The number of morpholine rings is 2. The van der Waals surface area contributed by atoms with Gasteiger partial charge in [0, 0.05) is 62.2 Å². The van der Waals surface area contributed by atoms with Crippen LogP contribution < -0.4 is 0 Å². The Labute approximate surface area is 211 Å². The molecule has 0 aliphatic carbocycles. The van der Waals surface area contributed by atoms with Crippen molar-refractivity contribution < 1.29 is 27.8 Å². The highest BCUT2D eigenvalue weighted by Gasteiger charge is 2.29. The fourth-order valence-electron chi connectivity index (χ4n) is 4.90. The number of nitrogens with zero attached hydrogens (tertiary/aromatic N) is 2. The van der Waals surface area contributed by atoms with Crippen molar-refractivity contribution in [2.75, 3.05) is 65.7 Å². The molecule has 2 aliphatic rings. The molecule has 4 rings (SSSR count). The summed E-state index contributed by atoms with van der Waals surface area (Å²) in [6, 6.07) is 11.3. The maximum absolute atomic E-state index is 13.5. The number of halogens is 2. The van der Waals surface area contributed by atoms with Gasteiger partial charge in [-0.1, -0.05) is 0 Å². The van der Waals surface area contributed by atoms with E-state index < -0.39 is 0 Å². The van der Waals surface area contributed by atoms with E-state index in [0.717, 1.165) is 26.2 Å². The summed E-state index contributed by atoms with van der Waals surface area (Å²) in [5, 5.41) is 0. The molecule has 2 fully saturated rings. The minimum Gasteiger partial charge on any atom is -0.379 e. The van der Waals surface area contributed by atoms with Gasteiger partial charge in [-0.25, -0.2) is 8.78 Å². The van der Waals surface area contributed by atoms with Crippen molar-refractivity contribution >= 4 is 11.6 Å². The van der Waals surface area contributed by atoms with Gasteiger partial charge in [-0.3, -0.25) is 19.4 Å². The van der Waals surface area contributed by atoms with Crippen LogP contribution in [0, 0.1) is 23.5 Å². The molecule has 0 aromatic heterocycles. The lowest BCUT2D eigenvalue weighted by atomic mass is 9.86. The second-order valence-electron chi connectivity index (χ2n) is 9.54. The molecular weight excluding hydrogens is 466 g/mol. The van der Waals surface area contributed by atoms with Crippen LogP contribution in [0.1, 0.15) is 33.6 Å². The first-order chi connectivity index (χ1) is 17.5. The molecule has 0 bridgehead atoms. The molecule has 2 saturated heterocycles. The van der Waals surface area contributed by atoms with Crippen molar-refractivity contribution in [1.29, 1.82) is 0 Å². The first kappa shape index (κ1) is 26.5. The van der Waals surface area contributed by atoms with Crippen molar-refractivity contribution in [3.63, 3.8) is 0 Å². The van der Waals surface area contributed by atoms with Crippen LogP contribution in [0.2, 0.25) is 0 Å². The van der Waals surface area contributed by atoms with E-state index in [9.17, 15) is 18.4 Å². The molecule has 194 valence electrons. The quantitative estimate of drug-likeness (QED) is 0.439. The third kappa shape index (κ3) is 7.49. The summed E-state index contributed by atoms with van der Waals surface area (Å²) >= 11 is 0. The SMILES string of the molecule is O=C(c1ccc(F)cc1)[C@H](CC[C@H](CN1CCOCC1)C(=O)c1ccc(F)cc1)CN1CCOCC1. The van der Waals surface area contributed by atoms with Crippen molar-refractivity contribution in [3.05, 3.63) is 71.3 Å². The minimum absolute atomic E-state index is 0.0409. The first-order valence-electron chi connectivity index (χ1n) is 12.7. The fourth-order valence-corrected chi connectivity index (χ4v) is 4.90.